The topological polar surface area (TPSA) is 88.2 Å². The second kappa shape index (κ2) is 14.3. The fourth-order valence-electron chi connectivity index (χ4n) is 4.38. The molecule has 0 N–H and O–H groups in total. The smallest absolute Gasteiger partial charge is 0.330 e. The van der Waals surface area contributed by atoms with E-state index < -0.39 is 5.97 Å². The van der Waals surface area contributed by atoms with Crippen molar-refractivity contribution in [2.24, 2.45) is 0 Å². The van der Waals surface area contributed by atoms with Crippen LogP contribution >= 0.6 is 0 Å². The Labute approximate surface area is 224 Å². The van der Waals surface area contributed by atoms with E-state index in [-0.39, 0.29) is 0 Å². The summed E-state index contributed by atoms with van der Waals surface area (Å²) in [6.45, 7) is 5.30. The Bertz CT molecular complexity index is 1070. The highest BCUT2D eigenvalue weighted by molar-refractivity contribution is 5.87. The molecule has 2 aromatic rings. The van der Waals surface area contributed by atoms with Gasteiger partial charge in [-0.1, -0.05) is 6.07 Å². The van der Waals surface area contributed by atoms with Crippen LogP contribution in [0.2, 0.25) is 0 Å². The maximum atomic E-state index is 12.2. The number of hydrogen-bond acceptors (Lipinski definition) is 10. The molecule has 10 heteroatoms. The Morgan fingerprint density at radius 1 is 0.737 bits per heavy atom. The van der Waals surface area contributed by atoms with E-state index in [2.05, 4.69) is 9.80 Å². The van der Waals surface area contributed by atoms with Crippen molar-refractivity contribution in [1.82, 2.24) is 9.80 Å². The molecule has 10 nitrogen and oxygen atoms in total. The van der Waals surface area contributed by atoms with E-state index in [9.17, 15) is 4.79 Å². The van der Waals surface area contributed by atoms with Crippen LogP contribution in [0.15, 0.2) is 30.3 Å². The average molecular weight is 531 g/mol. The van der Waals surface area contributed by atoms with Gasteiger partial charge >= 0.3 is 5.97 Å². The second-order valence-electron chi connectivity index (χ2n) is 8.57. The fraction of sp³-hybridized carbons (Fsp3) is 0.464. The van der Waals surface area contributed by atoms with Gasteiger partial charge in [-0.05, 0) is 29.8 Å². The number of nitrogens with zero attached hydrogens (tertiary/aromatic N) is 2. The summed E-state index contributed by atoms with van der Waals surface area (Å²) >= 11 is 0. The zero-order chi connectivity index (χ0) is 27.5. The molecule has 0 atom stereocenters. The molecule has 1 aliphatic heterocycles. The summed E-state index contributed by atoms with van der Waals surface area (Å²) in [5.41, 5.74) is 1.78. The van der Waals surface area contributed by atoms with Gasteiger partial charge in [-0.15, -0.1) is 0 Å². The molecule has 0 bridgehead atoms. The first-order valence-corrected chi connectivity index (χ1v) is 12.3. The van der Waals surface area contributed by atoms with Gasteiger partial charge in [0, 0.05) is 50.9 Å². The number of benzene rings is 2. The highest BCUT2D eigenvalue weighted by atomic mass is 16.5. The van der Waals surface area contributed by atoms with Gasteiger partial charge in [0.1, 0.15) is 6.61 Å². The predicted molar refractivity (Wildman–Crippen MR) is 144 cm³/mol. The Morgan fingerprint density at radius 2 is 1.32 bits per heavy atom. The average Bonchev–Trinajstić information content (AvgIpc) is 2.95. The summed E-state index contributed by atoms with van der Waals surface area (Å²) < 4.78 is 37.9. The molecule has 2 aromatic carbocycles. The predicted octanol–water partition coefficient (Wildman–Crippen LogP) is 3.11. The van der Waals surface area contributed by atoms with Crippen molar-refractivity contribution in [3.63, 3.8) is 0 Å². The van der Waals surface area contributed by atoms with E-state index in [0.717, 1.165) is 43.9 Å². The van der Waals surface area contributed by atoms with Crippen molar-refractivity contribution in [3.05, 3.63) is 41.5 Å². The highest BCUT2D eigenvalue weighted by Crippen LogP contribution is 2.40. The van der Waals surface area contributed by atoms with Crippen molar-refractivity contribution >= 4 is 12.0 Å². The van der Waals surface area contributed by atoms with Crippen molar-refractivity contribution < 1.29 is 38.0 Å². The van der Waals surface area contributed by atoms with E-state index in [0.29, 0.717) is 47.6 Å². The van der Waals surface area contributed by atoms with E-state index in [1.54, 1.807) is 60.9 Å². The van der Waals surface area contributed by atoms with Crippen LogP contribution in [0.4, 0.5) is 0 Å². The molecule has 1 aliphatic rings. The highest BCUT2D eigenvalue weighted by Gasteiger charge is 2.21. The minimum atomic E-state index is -0.405. The van der Waals surface area contributed by atoms with Crippen LogP contribution in [0.3, 0.4) is 0 Å². The lowest BCUT2D eigenvalue weighted by Crippen LogP contribution is -2.46. The number of piperazine rings is 1. The Morgan fingerprint density at radius 3 is 1.87 bits per heavy atom. The van der Waals surface area contributed by atoms with E-state index in [1.807, 2.05) is 12.1 Å². The van der Waals surface area contributed by atoms with Crippen molar-refractivity contribution in [1.29, 1.82) is 0 Å². The lowest BCUT2D eigenvalue weighted by atomic mass is 10.1. The molecule has 0 radical (unpaired) electrons. The number of carbonyl (C=O) groups is 1. The van der Waals surface area contributed by atoms with Gasteiger partial charge in [-0.3, -0.25) is 9.80 Å². The zero-order valence-electron chi connectivity index (χ0n) is 23.1. The van der Waals surface area contributed by atoms with E-state index in [1.165, 1.54) is 6.08 Å². The van der Waals surface area contributed by atoms with Crippen molar-refractivity contribution in [2.45, 2.75) is 6.54 Å². The molecule has 1 fully saturated rings. The lowest BCUT2D eigenvalue weighted by Gasteiger charge is -2.34. The number of esters is 1. The van der Waals surface area contributed by atoms with Gasteiger partial charge in [-0.2, -0.15) is 0 Å². The fourth-order valence-corrected chi connectivity index (χ4v) is 4.38. The molecule has 0 unspecified atom stereocenters. The molecule has 0 aliphatic carbocycles. The minimum absolute atomic E-state index is 0.321. The molecular formula is C28H38N2O8. The summed E-state index contributed by atoms with van der Waals surface area (Å²) in [6, 6.07) is 7.44. The number of ether oxygens (including phenoxy) is 7. The molecule has 1 saturated heterocycles. The zero-order valence-corrected chi connectivity index (χ0v) is 23.1. The normalized spacial score (nSPS) is 14.3. The molecule has 1 heterocycles. The molecule has 0 aromatic heterocycles. The first kappa shape index (κ1) is 28.9. The van der Waals surface area contributed by atoms with Gasteiger partial charge in [0.25, 0.3) is 0 Å². The molecule has 0 amide bonds. The number of rotatable bonds is 13. The van der Waals surface area contributed by atoms with Gasteiger partial charge in [0.15, 0.2) is 23.0 Å². The third kappa shape index (κ3) is 7.23. The van der Waals surface area contributed by atoms with Crippen molar-refractivity contribution in [2.75, 3.05) is 82.0 Å². The van der Waals surface area contributed by atoms with Gasteiger partial charge < -0.3 is 33.2 Å². The van der Waals surface area contributed by atoms with Crippen LogP contribution in [-0.2, 0) is 16.1 Å². The van der Waals surface area contributed by atoms with Crippen LogP contribution in [0.5, 0.6) is 34.5 Å². The van der Waals surface area contributed by atoms with Crippen LogP contribution in [0.25, 0.3) is 6.08 Å². The van der Waals surface area contributed by atoms with Crippen LogP contribution < -0.4 is 28.4 Å². The van der Waals surface area contributed by atoms with E-state index in [4.69, 9.17) is 33.2 Å². The summed E-state index contributed by atoms with van der Waals surface area (Å²) in [6.07, 6.45) is 3.06. The summed E-state index contributed by atoms with van der Waals surface area (Å²) in [4.78, 5) is 16.9. The maximum absolute atomic E-state index is 12.2. The SMILES string of the molecule is COc1cc(/C=C/C(=O)OCCN2CCN(Cc3ccc(OC)c(OC)c3OC)CC2)cc(OC)c1OC. The molecule has 0 spiro atoms. The minimum Gasteiger partial charge on any atom is -0.493 e. The maximum Gasteiger partial charge on any atom is 0.330 e. The number of carbonyl (C=O) groups excluding carboxylic acids is 1. The summed E-state index contributed by atoms with van der Waals surface area (Å²) in [5.74, 6) is 3.07. The molecule has 3 rings (SSSR count). The third-order valence-electron chi connectivity index (χ3n) is 6.40. The van der Waals surface area contributed by atoms with Gasteiger partial charge in [0.05, 0.1) is 42.7 Å². The second-order valence-corrected chi connectivity index (χ2v) is 8.57. The van der Waals surface area contributed by atoms with Crippen LogP contribution in [0, 0.1) is 0 Å². The van der Waals surface area contributed by atoms with Gasteiger partial charge in [0.2, 0.25) is 11.5 Å². The van der Waals surface area contributed by atoms with Crippen LogP contribution in [0.1, 0.15) is 11.1 Å². The van der Waals surface area contributed by atoms with Crippen molar-refractivity contribution in [3.8, 4) is 34.5 Å². The summed E-state index contributed by atoms with van der Waals surface area (Å²) in [7, 11) is 9.50. The summed E-state index contributed by atoms with van der Waals surface area (Å²) in [5, 5.41) is 0. The Kier molecular flexibility index (Phi) is 10.9. The monoisotopic (exact) mass is 530 g/mol. The Hall–Kier alpha value is -3.63. The quantitative estimate of drug-likeness (QED) is 0.284. The number of hydrogen-bond donors (Lipinski definition) is 0. The largest absolute Gasteiger partial charge is 0.493 e. The molecular weight excluding hydrogens is 492 g/mol. The molecule has 208 valence electrons. The van der Waals surface area contributed by atoms with Gasteiger partial charge in [-0.25, -0.2) is 4.79 Å². The third-order valence-corrected chi connectivity index (χ3v) is 6.40. The van der Waals surface area contributed by atoms with E-state index >= 15 is 0 Å². The molecule has 0 saturated carbocycles. The first-order valence-electron chi connectivity index (χ1n) is 12.3. The lowest BCUT2D eigenvalue weighted by molar-refractivity contribution is -0.138. The molecule has 38 heavy (non-hydrogen) atoms. The number of methoxy groups -OCH3 is 6. The Balaban J connectivity index is 1.45. The first-order chi connectivity index (χ1) is 18.5. The standard InChI is InChI=1S/C28H38N2O8/c1-32-22-9-8-21(26(35-4)28(22)37-6)19-30-13-11-29(12-14-30)15-16-38-25(31)10-7-20-17-23(33-2)27(36-5)24(18-20)34-3/h7-10,17-18H,11-16,19H2,1-6H3/b10-7+. The van der Waals surface area contributed by atoms with Crippen LogP contribution in [-0.4, -0.2) is 97.8 Å².